The van der Waals surface area contributed by atoms with Gasteiger partial charge in [-0.25, -0.2) is 4.98 Å². The van der Waals surface area contributed by atoms with Gasteiger partial charge < -0.3 is 10.3 Å². The second kappa shape index (κ2) is 4.34. The number of aromatic nitrogens is 2. The molecule has 0 spiro atoms. The summed E-state index contributed by atoms with van der Waals surface area (Å²) in [4.78, 5) is 4.47. The zero-order chi connectivity index (χ0) is 12.6. The van der Waals surface area contributed by atoms with Gasteiger partial charge in [-0.2, -0.15) is 0 Å². The minimum atomic E-state index is 0.512. The molecule has 0 fully saturated rings. The van der Waals surface area contributed by atoms with E-state index in [9.17, 15) is 0 Å². The topological polar surface area (TPSA) is 43.8 Å². The van der Waals surface area contributed by atoms with Gasteiger partial charge in [-0.05, 0) is 43.5 Å². The average Bonchev–Trinajstić information content (AvgIpc) is 2.64. The van der Waals surface area contributed by atoms with Crippen molar-refractivity contribution in [3.05, 3.63) is 40.8 Å². The highest BCUT2D eigenvalue weighted by Gasteiger charge is 2.12. The van der Waals surface area contributed by atoms with E-state index < -0.39 is 0 Å². The van der Waals surface area contributed by atoms with Crippen LogP contribution >= 0.6 is 0 Å². The van der Waals surface area contributed by atoms with Crippen molar-refractivity contribution in [1.82, 2.24) is 9.55 Å². The predicted octanol–water partition coefficient (Wildman–Crippen LogP) is 2.47. The van der Waals surface area contributed by atoms with E-state index in [1.165, 1.54) is 22.3 Å². The summed E-state index contributed by atoms with van der Waals surface area (Å²) in [7, 11) is 1.98. The molecule has 0 atom stereocenters. The van der Waals surface area contributed by atoms with E-state index in [0.29, 0.717) is 6.54 Å². The third kappa shape index (κ3) is 1.98. The molecule has 0 amide bonds. The van der Waals surface area contributed by atoms with Gasteiger partial charge in [-0.1, -0.05) is 6.07 Å². The highest BCUT2D eigenvalue weighted by Crippen LogP contribution is 2.27. The zero-order valence-corrected chi connectivity index (χ0v) is 10.9. The monoisotopic (exact) mass is 229 g/mol. The van der Waals surface area contributed by atoms with Crippen LogP contribution < -0.4 is 5.73 Å². The number of rotatable bonds is 2. The SMILES string of the molecule is Cc1cc(C)c(-c2ncn(C)c2CN)cc1C. The van der Waals surface area contributed by atoms with Crippen LogP contribution in [0.2, 0.25) is 0 Å². The number of benzene rings is 1. The van der Waals surface area contributed by atoms with Crippen molar-refractivity contribution in [2.75, 3.05) is 0 Å². The van der Waals surface area contributed by atoms with Gasteiger partial charge in [0, 0.05) is 19.2 Å². The lowest BCUT2D eigenvalue weighted by molar-refractivity contribution is 0.821. The summed E-state index contributed by atoms with van der Waals surface area (Å²) in [6, 6.07) is 4.41. The Hall–Kier alpha value is -1.61. The largest absolute Gasteiger partial charge is 0.336 e. The molecule has 17 heavy (non-hydrogen) atoms. The van der Waals surface area contributed by atoms with E-state index in [-0.39, 0.29) is 0 Å². The van der Waals surface area contributed by atoms with Crippen LogP contribution in [0.15, 0.2) is 18.5 Å². The molecule has 0 aliphatic carbocycles. The van der Waals surface area contributed by atoms with Crippen LogP contribution in [-0.2, 0) is 13.6 Å². The highest BCUT2D eigenvalue weighted by atomic mass is 15.0. The maximum absolute atomic E-state index is 5.79. The number of aryl methyl sites for hydroxylation is 4. The maximum atomic E-state index is 5.79. The number of nitrogens with two attached hydrogens (primary N) is 1. The molecular formula is C14H19N3. The van der Waals surface area contributed by atoms with Crippen molar-refractivity contribution >= 4 is 0 Å². The van der Waals surface area contributed by atoms with Crippen molar-refractivity contribution < 1.29 is 0 Å². The fourth-order valence-corrected chi connectivity index (χ4v) is 2.14. The molecule has 90 valence electrons. The molecule has 0 aliphatic heterocycles. The summed E-state index contributed by atoms with van der Waals surface area (Å²) in [5.41, 5.74) is 12.9. The predicted molar refractivity (Wildman–Crippen MR) is 70.7 cm³/mol. The van der Waals surface area contributed by atoms with Crippen molar-refractivity contribution in [1.29, 1.82) is 0 Å². The van der Waals surface area contributed by atoms with Crippen molar-refractivity contribution in [2.45, 2.75) is 27.3 Å². The standard InChI is InChI=1S/C14H19N3/c1-9-5-11(3)12(6-10(9)2)14-13(7-15)17(4)8-16-14/h5-6,8H,7,15H2,1-4H3. The van der Waals surface area contributed by atoms with E-state index in [4.69, 9.17) is 5.73 Å². The van der Waals surface area contributed by atoms with E-state index in [1.807, 2.05) is 17.9 Å². The molecule has 2 rings (SSSR count). The second-order valence-corrected chi connectivity index (χ2v) is 4.61. The molecule has 3 nitrogen and oxygen atoms in total. The Kier molecular flexibility index (Phi) is 3.03. The van der Waals surface area contributed by atoms with Gasteiger partial charge in [0.15, 0.2) is 0 Å². The first-order chi connectivity index (χ1) is 8.04. The summed E-state index contributed by atoms with van der Waals surface area (Å²) < 4.78 is 1.99. The Balaban J connectivity index is 2.64. The molecule has 1 aromatic heterocycles. The zero-order valence-electron chi connectivity index (χ0n) is 10.9. The Morgan fingerprint density at radius 2 is 1.76 bits per heavy atom. The average molecular weight is 229 g/mol. The van der Waals surface area contributed by atoms with Crippen LogP contribution in [0.25, 0.3) is 11.3 Å². The fourth-order valence-electron chi connectivity index (χ4n) is 2.14. The number of hydrogen-bond donors (Lipinski definition) is 1. The Bertz CT molecular complexity index is 553. The summed E-state index contributed by atoms with van der Waals surface area (Å²) in [6.07, 6.45) is 1.83. The molecule has 1 heterocycles. The van der Waals surface area contributed by atoms with Crippen LogP contribution in [0.5, 0.6) is 0 Å². The summed E-state index contributed by atoms with van der Waals surface area (Å²) in [6.45, 7) is 6.90. The molecule has 3 heteroatoms. The first kappa shape index (κ1) is 11.9. The molecule has 0 aliphatic rings. The third-order valence-electron chi connectivity index (χ3n) is 3.35. The summed E-state index contributed by atoms with van der Waals surface area (Å²) in [5.74, 6) is 0. The summed E-state index contributed by atoms with van der Waals surface area (Å²) >= 11 is 0. The maximum Gasteiger partial charge on any atom is 0.0953 e. The molecule has 0 unspecified atom stereocenters. The molecule has 0 saturated carbocycles. The van der Waals surface area contributed by atoms with E-state index in [0.717, 1.165) is 11.4 Å². The van der Waals surface area contributed by atoms with Gasteiger partial charge in [-0.3, -0.25) is 0 Å². The Labute approximate surface area is 102 Å². The lowest BCUT2D eigenvalue weighted by Crippen LogP contribution is -2.04. The second-order valence-electron chi connectivity index (χ2n) is 4.61. The van der Waals surface area contributed by atoms with Crippen molar-refractivity contribution in [2.24, 2.45) is 12.8 Å². The van der Waals surface area contributed by atoms with Gasteiger partial charge in [0.25, 0.3) is 0 Å². The normalized spacial score (nSPS) is 10.9. The van der Waals surface area contributed by atoms with Crippen LogP contribution in [0.3, 0.4) is 0 Å². The smallest absolute Gasteiger partial charge is 0.0953 e. The minimum Gasteiger partial charge on any atom is -0.336 e. The summed E-state index contributed by atoms with van der Waals surface area (Å²) in [5, 5.41) is 0. The molecular weight excluding hydrogens is 210 g/mol. The van der Waals surface area contributed by atoms with Crippen LogP contribution in [0.4, 0.5) is 0 Å². The molecule has 0 radical (unpaired) electrons. The Morgan fingerprint density at radius 3 is 2.41 bits per heavy atom. The molecule has 2 N–H and O–H groups in total. The van der Waals surface area contributed by atoms with E-state index >= 15 is 0 Å². The highest BCUT2D eigenvalue weighted by molar-refractivity contribution is 5.67. The number of nitrogens with zero attached hydrogens (tertiary/aromatic N) is 2. The fraction of sp³-hybridized carbons (Fsp3) is 0.357. The van der Waals surface area contributed by atoms with E-state index in [1.54, 1.807) is 0 Å². The molecule has 1 aromatic carbocycles. The van der Waals surface area contributed by atoms with Gasteiger partial charge in [-0.15, -0.1) is 0 Å². The van der Waals surface area contributed by atoms with Crippen LogP contribution in [0, 0.1) is 20.8 Å². The lowest BCUT2D eigenvalue weighted by Gasteiger charge is -2.10. The van der Waals surface area contributed by atoms with Crippen LogP contribution in [0.1, 0.15) is 22.4 Å². The minimum absolute atomic E-state index is 0.512. The van der Waals surface area contributed by atoms with Gasteiger partial charge in [0.1, 0.15) is 0 Å². The molecule has 0 bridgehead atoms. The third-order valence-corrected chi connectivity index (χ3v) is 3.35. The van der Waals surface area contributed by atoms with Gasteiger partial charge in [0.05, 0.1) is 17.7 Å². The van der Waals surface area contributed by atoms with Crippen LogP contribution in [-0.4, -0.2) is 9.55 Å². The number of imidazole rings is 1. The van der Waals surface area contributed by atoms with Crippen molar-refractivity contribution in [3.63, 3.8) is 0 Å². The first-order valence-electron chi connectivity index (χ1n) is 5.83. The lowest BCUT2D eigenvalue weighted by atomic mass is 9.98. The molecule has 0 saturated heterocycles. The quantitative estimate of drug-likeness (QED) is 0.859. The first-order valence-corrected chi connectivity index (χ1v) is 5.83. The Morgan fingerprint density at radius 1 is 1.12 bits per heavy atom. The van der Waals surface area contributed by atoms with Gasteiger partial charge in [0.2, 0.25) is 0 Å². The molecule has 2 aromatic rings. The van der Waals surface area contributed by atoms with Gasteiger partial charge >= 0.3 is 0 Å². The van der Waals surface area contributed by atoms with Crippen molar-refractivity contribution in [3.8, 4) is 11.3 Å². The number of hydrogen-bond acceptors (Lipinski definition) is 2. The van der Waals surface area contributed by atoms with E-state index in [2.05, 4.69) is 37.9 Å².